The number of rotatable bonds is 7. The van der Waals surface area contributed by atoms with Crippen LogP contribution in [-0.4, -0.2) is 35.7 Å². The largest absolute Gasteiger partial charge is 0.395 e. The topological polar surface area (TPSA) is 52.6 Å². The highest BCUT2D eigenvalue weighted by Crippen LogP contribution is 2.15. The molecular formula is C17H28N2O2. The van der Waals surface area contributed by atoms with Crippen molar-refractivity contribution in [1.29, 1.82) is 0 Å². The number of hydrogen-bond acceptors (Lipinski definition) is 2. The molecule has 0 fully saturated rings. The zero-order valence-corrected chi connectivity index (χ0v) is 13.6. The van der Waals surface area contributed by atoms with E-state index in [4.69, 9.17) is 5.11 Å². The molecule has 4 nitrogen and oxygen atoms in total. The summed E-state index contributed by atoms with van der Waals surface area (Å²) in [5, 5.41) is 11.9. The minimum Gasteiger partial charge on any atom is -0.395 e. The van der Waals surface area contributed by atoms with E-state index < -0.39 is 0 Å². The molecule has 21 heavy (non-hydrogen) atoms. The lowest BCUT2D eigenvalue weighted by molar-refractivity contribution is 0.178. The van der Waals surface area contributed by atoms with Gasteiger partial charge in [-0.3, -0.25) is 0 Å². The van der Waals surface area contributed by atoms with Gasteiger partial charge in [0.25, 0.3) is 0 Å². The van der Waals surface area contributed by atoms with Gasteiger partial charge in [0.05, 0.1) is 12.6 Å². The molecule has 0 spiro atoms. The van der Waals surface area contributed by atoms with Crippen LogP contribution in [0.3, 0.4) is 0 Å². The number of urea groups is 1. The van der Waals surface area contributed by atoms with Gasteiger partial charge in [0.15, 0.2) is 0 Å². The van der Waals surface area contributed by atoms with Crippen molar-refractivity contribution in [3.63, 3.8) is 0 Å². The van der Waals surface area contributed by atoms with Crippen molar-refractivity contribution in [3.05, 3.63) is 35.4 Å². The molecule has 0 radical (unpaired) electrons. The number of nitrogens with zero attached hydrogens (tertiary/aromatic N) is 1. The maximum Gasteiger partial charge on any atom is 0.317 e. The number of nitrogens with one attached hydrogen (secondary N) is 1. The summed E-state index contributed by atoms with van der Waals surface area (Å²) in [6.45, 7) is 9.23. The fraction of sp³-hybridized carbons (Fsp3) is 0.588. The number of hydrogen-bond donors (Lipinski definition) is 2. The molecule has 0 bridgehead atoms. The molecule has 2 amide bonds. The van der Waals surface area contributed by atoms with Crippen LogP contribution in [0.2, 0.25) is 0 Å². The van der Waals surface area contributed by atoms with Crippen molar-refractivity contribution in [2.24, 2.45) is 5.92 Å². The van der Waals surface area contributed by atoms with Gasteiger partial charge in [-0.15, -0.1) is 0 Å². The van der Waals surface area contributed by atoms with Crippen LogP contribution in [0.15, 0.2) is 24.3 Å². The Kier molecular flexibility index (Phi) is 7.23. The number of likely N-dealkylation sites (N-methyl/N-ethyl adjacent to an activating group) is 1. The van der Waals surface area contributed by atoms with Crippen LogP contribution in [0.4, 0.5) is 4.79 Å². The van der Waals surface area contributed by atoms with Crippen molar-refractivity contribution < 1.29 is 9.90 Å². The third-order valence-corrected chi connectivity index (χ3v) is 3.50. The minimum atomic E-state index is -0.134. The van der Waals surface area contributed by atoms with E-state index in [0.717, 1.165) is 12.0 Å². The summed E-state index contributed by atoms with van der Waals surface area (Å²) in [4.78, 5) is 13.7. The van der Waals surface area contributed by atoms with Gasteiger partial charge in [0.1, 0.15) is 0 Å². The van der Waals surface area contributed by atoms with E-state index in [1.165, 1.54) is 5.56 Å². The van der Waals surface area contributed by atoms with Crippen LogP contribution in [0.1, 0.15) is 44.9 Å². The van der Waals surface area contributed by atoms with Crippen LogP contribution in [0.5, 0.6) is 0 Å². The third kappa shape index (κ3) is 5.76. The Morgan fingerprint density at radius 3 is 2.33 bits per heavy atom. The molecule has 0 aliphatic heterocycles. The Hall–Kier alpha value is -1.55. The fourth-order valence-electron chi connectivity index (χ4n) is 2.30. The Bertz CT molecular complexity index is 429. The third-order valence-electron chi connectivity index (χ3n) is 3.50. The van der Waals surface area contributed by atoms with Crippen molar-refractivity contribution >= 4 is 6.03 Å². The second-order valence-electron chi connectivity index (χ2n) is 5.81. The predicted molar refractivity (Wildman–Crippen MR) is 86.3 cm³/mol. The monoisotopic (exact) mass is 292 g/mol. The standard InChI is InChI=1S/C17H28N2O2/c1-5-19(10-11-20)17(21)18-14(4)16-8-6-15(7-9-16)12-13(2)3/h6-9,13-14,20H,5,10-12H2,1-4H3,(H,18,21). The molecule has 0 saturated heterocycles. The highest BCUT2D eigenvalue weighted by molar-refractivity contribution is 5.74. The van der Waals surface area contributed by atoms with E-state index in [9.17, 15) is 4.79 Å². The van der Waals surface area contributed by atoms with Crippen LogP contribution >= 0.6 is 0 Å². The average molecular weight is 292 g/mol. The second-order valence-corrected chi connectivity index (χ2v) is 5.81. The fourth-order valence-corrected chi connectivity index (χ4v) is 2.30. The molecule has 1 atom stereocenters. The number of carbonyl (C=O) groups is 1. The van der Waals surface area contributed by atoms with Gasteiger partial charge in [0, 0.05) is 13.1 Å². The quantitative estimate of drug-likeness (QED) is 0.812. The first-order valence-electron chi connectivity index (χ1n) is 7.73. The number of amides is 2. The van der Waals surface area contributed by atoms with Crippen molar-refractivity contribution in [3.8, 4) is 0 Å². The van der Waals surface area contributed by atoms with E-state index in [1.807, 2.05) is 13.8 Å². The van der Waals surface area contributed by atoms with Gasteiger partial charge in [-0.05, 0) is 37.3 Å². The van der Waals surface area contributed by atoms with E-state index in [-0.39, 0.29) is 18.7 Å². The highest BCUT2D eigenvalue weighted by Gasteiger charge is 2.14. The van der Waals surface area contributed by atoms with E-state index in [1.54, 1.807) is 4.90 Å². The molecule has 1 aromatic carbocycles. The molecule has 118 valence electrons. The first-order chi connectivity index (χ1) is 9.97. The second kappa shape index (κ2) is 8.67. The van der Waals surface area contributed by atoms with Gasteiger partial charge >= 0.3 is 6.03 Å². The average Bonchev–Trinajstić information content (AvgIpc) is 2.44. The zero-order chi connectivity index (χ0) is 15.8. The molecular weight excluding hydrogens is 264 g/mol. The molecule has 0 saturated carbocycles. The van der Waals surface area contributed by atoms with E-state index in [2.05, 4.69) is 43.4 Å². The summed E-state index contributed by atoms with van der Waals surface area (Å²) >= 11 is 0. The Balaban J connectivity index is 2.62. The van der Waals surface area contributed by atoms with Gasteiger partial charge in [0.2, 0.25) is 0 Å². The lowest BCUT2D eigenvalue weighted by Gasteiger charge is -2.23. The van der Waals surface area contributed by atoms with Crippen molar-refractivity contribution in [2.75, 3.05) is 19.7 Å². The summed E-state index contributed by atoms with van der Waals surface area (Å²) in [5.74, 6) is 0.643. The maximum absolute atomic E-state index is 12.1. The van der Waals surface area contributed by atoms with Crippen LogP contribution in [-0.2, 0) is 6.42 Å². The molecule has 0 aliphatic carbocycles. The normalized spacial score (nSPS) is 12.3. The van der Waals surface area contributed by atoms with Gasteiger partial charge in [-0.25, -0.2) is 4.79 Å². The van der Waals surface area contributed by atoms with E-state index >= 15 is 0 Å². The molecule has 1 rings (SSSR count). The number of aliphatic hydroxyl groups is 1. The zero-order valence-electron chi connectivity index (χ0n) is 13.6. The van der Waals surface area contributed by atoms with Crippen LogP contribution < -0.4 is 5.32 Å². The van der Waals surface area contributed by atoms with Crippen molar-refractivity contribution in [2.45, 2.75) is 40.2 Å². The Morgan fingerprint density at radius 2 is 1.86 bits per heavy atom. The lowest BCUT2D eigenvalue weighted by Crippen LogP contribution is -2.42. The summed E-state index contributed by atoms with van der Waals surface area (Å²) in [6.07, 6.45) is 1.07. The number of benzene rings is 1. The van der Waals surface area contributed by atoms with E-state index in [0.29, 0.717) is 19.0 Å². The predicted octanol–water partition coefficient (Wildman–Crippen LogP) is 2.97. The molecule has 0 heterocycles. The summed E-state index contributed by atoms with van der Waals surface area (Å²) < 4.78 is 0. The number of aliphatic hydroxyl groups excluding tert-OH is 1. The summed E-state index contributed by atoms with van der Waals surface area (Å²) in [6, 6.07) is 8.23. The maximum atomic E-state index is 12.1. The molecule has 0 aliphatic rings. The number of carbonyl (C=O) groups excluding carboxylic acids is 1. The van der Waals surface area contributed by atoms with Gasteiger partial charge in [-0.2, -0.15) is 0 Å². The first-order valence-corrected chi connectivity index (χ1v) is 7.73. The summed E-state index contributed by atoms with van der Waals surface area (Å²) in [5.41, 5.74) is 2.42. The summed E-state index contributed by atoms with van der Waals surface area (Å²) in [7, 11) is 0. The molecule has 4 heteroatoms. The van der Waals surface area contributed by atoms with Crippen LogP contribution in [0, 0.1) is 5.92 Å². The Labute approximate surface area is 128 Å². The smallest absolute Gasteiger partial charge is 0.317 e. The first kappa shape index (κ1) is 17.5. The highest BCUT2D eigenvalue weighted by atomic mass is 16.3. The lowest BCUT2D eigenvalue weighted by atomic mass is 10.00. The molecule has 1 unspecified atom stereocenters. The van der Waals surface area contributed by atoms with Gasteiger partial charge in [-0.1, -0.05) is 38.1 Å². The van der Waals surface area contributed by atoms with Gasteiger partial charge < -0.3 is 15.3 Å². The minimum absolute atomic E-state index is 0.0143. The van der Waals surface area contributed by atoms with Crippen LogP contribution in [0.25, 0.3) is 0 Å². The molecule has 1 aromatic rings. The van der Waals surface area contributed by atoms with Crippen molar-refractivity contribution in [1.82, 2.24) is 10.2 Å². The Morgan fingerprint density at radius 1 is 1.24 bits per heavy atom. The molecule has 2 N–H and O–H groups in total. The molecule has 0 aromatic heterocycles. The SMILES string of the molecule is CCN(CCO)C(=O)NC(C)c1ccc(CC(C)C)cc1.